The summed E-state index contributed by atoms with van der Waals surface area (Å²) in [4.78, 5) is 34.5. The second kappa shape index (κ2) is 9.08. The number of esters is 1. The van der Waals surface area contributed by atoms with Crippen LogP contribution >= 0.6 is 11.8 Å². The van der Waals surface area contributed by atoms with Gasteiger partial charge in [-0.1, -0.05) is 12.1 Å². The first kappa shape index (κ1) is 20.3. The molecule has 1 amide bonds. The van der Waals surface area contributed by atoms with Gasteiger partial charge in [0, 0.05) is 17.8 Å². The average molecular weight is 396 g/mol. The van der Waals surface area contributed by atoms with Crippen molar-refractivity contribution in [1.82, 2.24) is 0 Å². The Balaban J connectivity index is 1.88. The van der Waals surface area contributed by atoms with Gasteiger partial charge in [-0.2, -0.15) is 0 Å². The van der Waals surface area contributed by atoms with Crippen molar-refractivity contribution < 1.29 is 28.0 Å². The minimum Gasteiger partial charge on any atom is -0.452 e. The summed E-state index contributed by atoms with van der Waals surface area (Å²) in [7, 11) is 0. The van der Waals surface area contributed by atoms with Crippen molar-refractivity contribution in [3.8, 4) is 0 Å². The van der Waals surface area contributed by atoms with Gasteiger partial charge in [-0.15, -0.1) is 11.8 Å². The number of anilines is 1. The molecule has 2 rings (SSSR count). The third kappa shape index (κ3) is 5.74. The van der Waals surface area contributed by atoms with Crippen LogP contribution in [0.1, 0.15) is 6.92 Å². The predicted octanol–water partition coefficient (Wildman–Crippen LogP) is 3.54. The van der Waals surface area contributed by atoms with Crippen LogP contribution in [0.3, 0.4) is 0 Å². The van der Waals surface area contributed by atoms with E-state index in [4.69, 9.17) is 4.74 Å². The second-order valence-corrected chi connectivity index (χ2v) is 6.28. The zero-order valence-corrected chi connectivity index (χ0v) is 14.8. The van der Waals surface area contributed by atoms with Crippen molar-refractivity contribution in [3.63, 3.8) is 0 Å². The van der Waals surface area contributed by atoms with E-state index in [1.54, 1.807) is 6.07 Å². The van der Waals surface area contributed by atoms with E-state index in [1.807, 2.05) is 0 Å². The lowest BCUT2D eigenvalue weighted by Gasteiger charge is -2.13. The Morgan fingerprint density at radius 3 is 2.59 bits per heavy atom. The van der Waals surface area contributed by atoms with Crippen molar-refractivity contribution in [3.05, 3.63) is 64.2 Å². The van der Waals surface area contributed by atoms with Gasteiger partial charge in [0.1, 0.15) is 0 Å². The van der Waals surface area contributed by atoms with Gasteiger partial charge in [0.2, 0.25) is 0 Å². The van der Waals surface area contributed by atoms with Crippen molar-refractivity contribution in [1.29, 1.82) is 0 Å². The highest BCUT2D eigenvalue weighted by Gasteiger charge is 2.20. The number of nitrogens with zero attached hydrogens (tertiary/aromatic N) is 1. The lowest BCUT2D eigenvalue weighted by molar-refractivity contribution is -0.387. The van der Waals surface area contributed by atoms with Crippen LogP contribution in [-0.2, 0) is 14.3 Å². The standard InChI is InChI=1S/C17H14F2N2O5S/c1-10(17(23)20-11-6-7-12(18)13(19)8-11)26-16(22)9-27-15-5-3-2-4-14(15)21(24)25/h2-8,10H,9H2,1H3,(H,20,23)/t10-/m1/s1. The normalized spacial score (nSPS) is 11.5. The van der Waals surface area contributed by atoms with Crippen molar-refractivity contribution in [2.75, 3.05) is 11.1 Å². The summed E-state index contributed by atoms with van der Waals surface area (Å²) in [5.74, 6) is -3.91. The van der Waals surface area contributed by atoms with Crippen molar-refractivity contribution in [2.24, 2.45) is 0 Å². The molecule has 2 aromatic rings. The first-order valence-corrected chi connectivity index (χ1v) is 8.58. The van der Waals surface area contributed by atoms with Crippen LogP contribution in [0.25, 0.3) is 0 Å². The minimum atomic E-state index is -1.20. The molecule has 0 aliphatic heterocycles. The van der Waals surface area contributed by atoms with Crippen molar-refractivity contribution in [2.45, 2.75) is 17.9 Å². The van der Waals surface area contributed by atoms with Crippen LogP contribution < -0.4 is 5.32 Å². The number of halogens is 2. The summed E-state index contributed by atoms with van der Waals surface area (Å²) in [6, 6.07) is 8.72. The van der Waals surface area contributed by atoms with E-state index in [0.717, 1.165) is 30.0 Å². The summed E-state index contributed by atoms with van der Waals surface area (Å²) < 4.78 is 30.9. The van der Waals surface area contributed by atoms with E-state index in [0.29, 0.717) is 4.90 Å². The predicted molar refractivity (Wildman–Crippen MR) is 94.4 cm³/mol. The number of ether oxygens (including phenoxy) is 1. The summed E-state index contributed by atoms with van der Waals surface area (Å²) in [6.45, 7) is 1.31. The summed E-state index contributed by atoms with van der Waals surface area (Å²) >= 11 is 0.906. The fourth-order valence-corrected chi connectivity index (χ4v) is 2.78. The zero-order valence-electron chi connectivity index (χ0n) is 14.0. The van der Waals surface area contributed by atoms with Gasteiger partial charge in [0.05, 0.1) is 15.6 Å². The molecule has 27 heavy (non-hydrogen) atoms. The van der Waals surface area contributed by atoms with E-state index in [-0.39, 0.29) is 17.1 Å². The Morgan fingerprint density at radius 2 is 1.93 bits per heavy atom. The van der Waals surface area contributed by atoms with Crippen LogP contribution in [0.15, 0.2) is 47.4 Å². The molecule has 0 heterocycles. The molecular weight excluding hydrogens is 382 g/mol. The van der Waals surface area contributed by atoms with E-state index in [2.05, 4.69) is 5.32 Å². The third-order valence-electron chi connectivity index (χ3n) is 3.27. The number of amides is 1. The van der Waals surface area contributed by atoms with Gasteiger partial charge in [0.25, 0.3) is 11.6 Å². The number of carbonyl (C=O) groups excluding carboxylic acids is 2. The molecular formula is C17H14F2N2O5S. The van der Waals surface area contributed by atoms with Crippen LogP contribution in [-0.4, -0.2) is 28.7 Å². The average Bonchev–Trinajstić information content (AvgIpc) is 2.63. The topological polar surface area (TPSA) is 98.5 Å². The molecule has 142 valence electrons. The molecule has 1 N–H and O–H groups in total. The zero-order chi connectivity index (χ0) is 20.0. The Hall–Kier alpha value is -3.01. The summed E-state index contributed by atoms with van der Waals surface area (Å²) in [5.41, 5.74) is -0.129. The molecule has 0 unspecified atom stereocenters. The van der Waals surface area contributed by atoms with E-state index < -0.39 is 34.5 Å². The molecule has 7 nitrogen and oxygen atoms in total. The third-order valence-corrected chi connectivity index (χ3v) is 4.31. The largest absolute Gasteiger partial charge is 0.452 e. The highest BCUT2D eigenvalue weighted by atomic mass is 32.2. The minimum absolute atomic E-state index is 0.0103. The Morgan fingerprint density at radius 1 is 1.22 bits per heavy atom. The number of nitro groups is 1. The maximum absolute atomic E-state index is 13.1. The maximum atomic E-state index is 13.1. The molecule has 0 fully saturated rings. The van der Waals surface area contributed by atoms with Gasteiger partial charge < -0.3 is 10.1 Å². The fourth-order valence-electron chi connectivity index (χ4n) is 1.97. The molecule has 0 aliphatic carbocycles. The first-order chi connectivity index (χ1) is 12.8. The number of hydrogen-bond donors (Lipinski definition) is 1. The first-order valence-electron chi connectivity index (χ1n) is 7.59. The highest BCUT2D eigenvalue weighted by molar-refractivity contribution is 8.00. The SMILES string of the molecule is C[C@@H](OC(=O)CSc1ccccc1[N+](=O)[O-])C(=O)Nc1ccc(F)c(F)c1. The molecule has 0 bridgehead atoms. The fraction of sp³-hybridized carbons (Fsp3) is 0.176. The molecule has 1 atom stereocenters. The molecule has 2 aromatic carbocycles. The second-order valence-electron chi connectivity index (χ2n) is 5.26. The van der Waals surface area contributed by atoms with E-state index in [9.17, 15) is 28.5 Å². The number of benzene rings is 2. The molecule has 0 aliphatic rings. The number of para-hydroxylation sites is 1. The number of hydrogen-bond acceptors (Lipinski definition) is 6. The van der Waals surface area contributed by atoms with Gasteiger partial charge >= 0.3 is 5.97 Å². The van der Waals surface area contributed by atoms with Gasteiger partial charge in [-0.3, -0.25) is 19.7 Å². The Labute approximate surface area is 156 Å². The Kier molecular flexibility index (Phi) is 6.83. The lowest BCUT2D eigenvalue weighted by atomic mass is 10.3. The number of rotatable bonds is 7. The molecule has 0 aromatic heterocycles. The number of carbonyl (C=O) groups is 2. The van der Waals surface area contributed by atoms with Crippen LogP contribution in [0, 0.1) is 21.7 Å². The van der Waals surface area contributed by atoms with E-state index in [1.165, 1.54) is 25.1 Å². The summed E-state index contributed by atoms with van der Waals surface area (Å²) in [6.07, 6.45) is -1.20. The summed E-state index contributed by atoms with van der Waals surface area (Å²) in [5, 5.41) is 13.2. The molecule has 0 spiro atoms. The number of nitrogens with one attached hydrogen (secondary N) is 1. The molecule has 0 saturated carbocycles. The van der Waals surface area contributed by atoms with Gasteiger partial charge in [-0.25, -0.2) is 8.78 Å². The van der Waals surface area contributed by atoms with Crippen LogP contribution in [0.2, 0.25) is 0 Å². The van der Waals surface area contributed by atoms with E-state index >= 15 is 0 Å². The van der Waals surface area contributed by atoms with Crippen LogP contribution in [0.4, 0.5) is 20.2 Å². The highest BCUT2D eigenvalue weighted by Crippen LogP contribution is 2.28. The maximum Gasteiger partial charge on any atom is 0.317 e. The quantitative estimate of drug-likeness (QED) is 0.333. The smallest absolute Gasteiger partial charge is 0.317 e. The van der Waals surface area contributed by atoms with Gasteiger partial charge in [0.15, 0.2) is 17.7 Å². The molecule has 10 heteroatoms. The lowest BCUT2D eigenvalue weighted by Crippen LogP contribution is -2.30. The Bertz CT molecular complexity index is 878. The number of nitro benzene ring substituents is 1. The molecule has 0 radical (unpaired) electrons. The monoisotopic (exact) mass is 396 g/mol. The number of thioether (sulfide) groups is 1. The van der Waals surface area contributed by atoms with Gasteiger partial charge in [-0.05, 0) is 25.1 Å². The van der Waals surface area contributed by atoms with Crippen molar-refractivity contribution >= 4 is 35.0 Å². The molecule has 0 saturated heterocycles. The van der Waals surface area contributed by atoms with Crippen LogP contribution in [0.5, 0.6) is 0 Å².